The standard InChI is InChI=1S/C20H24ClN3O/c1-16(17-7-3-2-4-8-17)22-15-20(25)24-13-11-23(12-14-24)19-10-6-5-9-18(19)21/h2-10,16,22H,11-15H2,1H3/t16-/m0/s1. The number of carbonyl (C=O) groups is 1. The molecule has 0 aliphatic carbocycles. The number of rotatable bonds is 5. The Morgan fingerprint density at radius 2 is 1.68 bits per heavy atom. The number of para-hydroxylation sites is 1. The summed E-state index contributed by atoms with van der Waals surface area (Å²) in [5, 5.41) is 4.09. The molecule has 0 unspecified atom stereocenters. The van der Waals surface area contributed by atoms with Gasteiger partial charge in [-0.05, 0) is 24.6 Å². The fourth-order valence-corrected chi connectivity index (χ4v) is 3.37. The largest absolute Gasteiger partial charge is 0.367 e. The van der Waals surface area contributed by atoms with Crippen molar-refractivity contribution in [1.82, 2.24) is 10.2 Å². The lowest BCUT2D eigenvalue weighted by molar-refractivity contribution is -0.130. The lowest BCUT2D eigenvalue weighted by Gasteiger charge is -2.36. The van der Waals surface area contributed by atoms with Crippen LogP contribution < -0.4 is 10.2 Å². The molecule has 1 amide bonds. The van der Waals surface area contributed by atoms with Crippen molar-refractivity contribution in [3.05, 3.63) is 65.2 Å². The number of halogens is 1. The Morgan fingerprint density at radius 1 is 1.04 bits per heavy atom. The smallest absolute Gasteiger partial charge is 0.236 e. The molecule has 2 aromatic rings. The first-order valence-corrected chi connectivity index (χ1v) is 9.08. The van der Waals surface area contributed by atoms with Crippen LogP contribution in [-0.4, -0.2) is 43.5 Å². The number of hydrogen-bond acceptors (Lipinski definition) is 3. The van der Waals surface area contributed by atoms with Crippen LogP contribution in [0.3, 0.4) is 0 Å². The number of anilines is 1. The van der Waals surface area contributed by atoms with Gasteiger partial charge in [0.1, 0.15) is 0 Å². The van der Waals surface area contributed by atoms with Crippen molar-refractivity contribution in [2.24, 2.45) is 0 Å². The molecular weight excluding hydrogens is 334 g/mol. The number of carbonyl (C=O) groups excluding carboxylic acids is 1. The third-order valence-corrected chi connectivity index (χ3v) is 5.00. The molecule has 0 bridgehead atoms. The minimum atomic E-state index is 0.154. The van der Waals surface area contributed by atoms with Crippen molar-refractivity contribution in [1.29, 1.82) is 0 Å². The zero-order valence-corrected chi connectivity index (χ0v) is 15.2. The maximum Gasteiger partial charge on any atom is 0.236 e. The van der Waals surface area contributed by atoms with E-state index in [9.17, 15) is 4.79 Å². The molecule has 25 heavy (non-hydrogen) atoms. The molecule has 1 aliphatic rings. The van der Waals surface area contributed by atoms with E-state index in [2.05, 4.69) is 29.3 Å². The molecule has 1 fully saturated rings. The Kier molecular flexibility index (Phi) is 5.95. The zero-order valence-electron chi connectivity index (χ0n) is 14.5. The van der Waals surface area contributed by atoms with Crippen molar-refractivity contribution in [2.45, 2.75) is 13.0 Å². The van der Waals surface area contributed by atoms with Crippen molar-refractivity contribution < 1.29 is 4.79 Å². The highest BCUT2D eigenvalue weighted by Crippen LogP contribution is 2.26. The average molecular weight is 358 g/mol. The van der Waals surface area contributed by atoms with E-state index >= 15 is 0 Å². The van der Waals surface area contributed by atoms with Crippen LogP contribution in [0, 0.1) is 0 Å². The summed E-state index contributed by atoms with van der Waals surface area (Å²) in [7, 11) is 0. The average Bonchev–Trinajstić information content (AvgIpc) is 2.67. The summed E-state index contributed by atoms with van der Waals surface area (Å²) >= 11 is 6.27. The molecule has 1 heterocycles. The first-order valence-electron chi connectivity index (χ1n) is 8.71. The van der Waals surface area contributed by atoms with Gasteiger partial charge in [-0.1, -0.05) is 54.1 Å². The Hall–Kier alpha value is -2.04. The van der Waals surface area contributed by atoms with Crippen molar-refractivity contribution in [3.8, 4) is 0 Å². The number of amides is 1. The lowest BCUT2D eigenvalue weighted by Crippen LogP contribution is -2.51. The van der Waals surface area contributed by atoms with E-state index in [-0.39, 0.29) is 11.9 Å². The topological polar surface area (TPSA) is 35.6 Å². The van der Waals surface area contributed by atoms with Crippen LogP contribution in [0.4, 0.5) is 5.69 Å². The minimum absolute atomic E-state index is 0.154. The molecule has 132 valence electrons. The molecular formula is C20H24ClN3O. The normalized spacial score (nSPS) is 15.9. The van der Waals surface area contributed by atoms with Crippen molar-refractivity contribution in [3.63, 3.8) is 0 Å². The fraction of sp³-hybridized carbons (Fsp3) is 0.350. The van der Waals surface area contributed by atoms with E-state index < -0.39 is 0 Å². The Labute approximate surface area is 154 Å². The van der Waals surface area contributed by atoms with E-state index in [1.807, 2.05) is 47.4 Å². The molecule has 4 nitrogen and oxygen atoms in total. The third-order valence-electron chi connectivity index (χ3n) is 4.68. The molecule has 0 saturated carbocycles. The van der Waals surface area contributed by atoms with Crippen LogP contribution in [0.25, 0.3) is 0 Å². The quantitative estimate of drug-likeness (QED) is 0.891. The predicted octanol–water partition coefficient (Wildman–Crippen LogP) is 3.34. The van der Waals surface area contributed by atoms with Gasteiger partial charge in [-0.3, -0.25) is 4.79 Å². The maximum absolute atomic E-state index is 12.5. The second-order valence-corrected chi connectivity index (χ2v) is 6.74. The Bertz CT molecular complexity index is 699. The van der Waals surface area contributed by atoms with Gasteiger partial charge >= 0.3 is 0 Å². The second kappa shape index (κ2) is 8.37. The van der Waals surface area contributed by atoms with Crippen LogP contribution in [0.2, 0.25) is 5.02 Å². The molecule has 1 N–H and O–H groups in total. The highest BCUT2D eigenvalue weighted by atomic mass is 35.5. The zero-order chi connectivity index (χ0) is 17.6. The summed E-state index contributed by atoms with van der Waals surface area (Å²) in [5.74, 6) is 0.154. The van der Waals surface area contributed by atoms with Crippen LogP contribution in [-0.2, 0) is 4.79 Å². The van der Waals surface area contributed by atoms with Crippen LogP contribution in [0.5, 0.6) is 0 Å². The first-order chi connectivity index (χ1) is 12.1. The lowest BCUT2D eigenvalue weighted by atomic mass is 10.1. The number of nitrogens with one attached hydrogen (secondary N) is 1. The Morgan fingerprint density at radius 3 is 2.36 bits per heavy atom. The summed E-state index contributed by atoms with van der Waals surface area (Å²) in [5.41, 5.74) is 2.24. The molecule has 1 aliphatic heterocycles. The Balaban J connectivity index is 1.48. The van der Waals surface area contributed by atoms with Crippen LogP contribution in [0.15, 0.2) is 54.6 Å². The number of hydrogen-bond donors (Lipinski definition) is 1. The van der Waals surface area contributed by atoms with E-state index in [1.165, 1.54) is 5.56 Å². The van der Waals surface area contributed by atoms with Gasteiger partial charge in [0.15, 0.2) is 0 Å². The predicted molar refractivity (Wildman–Crippen MR) is 103 cm³/mol. The highest BCUT2D eigenvalue weighted by molar-refractivity contribution is 6.33. The summed E-state index contributed by atoms with van der Waals surface area (Å²) in [6, 6.07) is 18.2. The molecule has 3 rings (SSSR count). The third kappa shape index (κ3) is 4.53. The number of nitrogens with zero attached hydrogens (tertiary/aromatic N) is 2. The fourth-order valence-electron chi connectivity index (χ4n) is 3.12. The minimum Gasteiger partial charge on any atom is -0.367 e. The second-order valence-electron chi connectivity index (χ2n) is 6.33. The first kappa shape index (κ1) is 17.8. The van der Waals surface area contributed by atoms with E-state index in [0.717, 1.165) is 36.9 Å². The van der Waals surface area contributed by atoms with Crippen molar-refractivity contribution in [2.75, 3.05) is 37.6 Å². The van der Waals surface area contributed by atoms with Gasteiger partial charge in [-0.25, -0.2) is 0 Å². The van der Waals surface area contributed by atoms with Gasteiger partial charge in [-0.15, -0.1) is 0 Å². The monoisotopic (exact) mass is 357 g/mol. The summed E-state index contributed by atoms with van der Waals surface area (Å²) < 4.78 is 0. The summed E-state index contributed by atoms with van der Waals surface area (Å²) in [6.45, 7) is 5.52. The van der Waals surface area contributed by atoms with Gasteiger partial charge in [-0.2, -0.15) is 0 Å². The molecule has 1 atom stereocenters. The highest BCUT2D eigenvalue weighted by Gasteiger charge is 2.22. The van der Waals surface area contributed by atoms with E-state index in [1.54, 1.807) is 0 Å². The van der Waals surface area contributed by atoms with Gasteiger partial charge in [0.25, 0.3) is 0 Å². The van der Waals surface area contributed by atoms with Crippen LogP contribution >= 0.6 is 11.6 Å². The number of benzene rings is 2. The van der Waals surface area contributed by atoms with Crippen LogP contribution in [0.1, 0.15) is 18.5 Å². The van der Waals surface area contributed by atoms with Crippen molar-refractivity contribution >= 4 is 23.2 Å². The van der Waals surface area contributed by atoms with E-state index in [0.29, 0.717) is 6.54 Å². The molecule has 1 saturated heterocycles. The SMILES string of the molecule is C[C@H](NCC(=O)N1CCN(c2ccccc2Cl)CC1)c1ccccc1. The van der Waals surface area contributed by atoms with Gasteiger partial charge < -0.3 is 15.1 Å². The molecule has 0 radical (unpaired) electrons. The molecule has 2 aromatic carbocycles. The summed E-state index contributed by atoms with van der Waals surface area (Å²) in [4.78, 5) is 16.6. The van der Waals surface area contributed by atoms with E-state index in [4.69, 9.17) is 11.6 Å². The molecule has 0 spiro atoms. The number of piperazine rings is 1. The van der Waals surface area contributed by atoms with Gasteiger partial charge in [0, 0.05) is 32.2 Å². The maximum atomic E-state index is 12.5. The molecule has 0 aromatic heterocycles. The summed E-state index contributed by atoms with van der Waals surface area (Å²) in [6.07, 6.45) is 0. The van der Waals surface area contributed by atoms with Gasteiger partial charge in [0.05, 0.1) is 17.3 Å². The van der Waals surface area contributed by atoms with Gasteiger partial charge in [0.2, 0.25) is 5.91 Å². The molecule has 5 heteroatoms.